The van der Waals surface area contributed by atoms with Crippen LogP contribution in [0.4, 0.5) is 0 Å². The van der Waals surface area contributed by atoms with Crippen molar-refractivity contribution < 1.29 is 15.0 Å². The van der Waals surface area contributed by atoms with Gasteiger partial charge in [0, 0.05) is 15.2 Å². The lowest BCUT2D eigenvalue weighted by atomic mass is 10.0. The van der Waals surface area contributed by atoms with E-state index in [2.05, 4.69) is 22.6 Å². The molecule has 1 aromatic rings. The summed E-state index contributed by atoms with van der Waals surface area (Å²) in [5, 5.41) is 18.3. The Kier molecular flexibility index (Phi) is 4.59. The SMILES string of the molecule is NC(CC(=O)O)c1cc(I)cc(I)c1O. The summed E-state index contributed by atoms with van der Waals surface area (Å²) in [7, 11) is 0. The van der Waals surface area contributed by atoms with E-state index < -0.39 is 12.0 Å². The Bertz CT molecular complexity index is 395. The van der Waals surface area contributed by atoms with Gasteiger partial charge in [0.2, 0.25) is 0 Å². The third kappa shape index (κ3) is 3.45. The number of carbonyl (C=O) groups is 1. The minimum Gasteiger partial charge on any atom is -0.506 e. The topological polar surface area (TPSA) is 83.6 Å². The maximum Gasteiger partial charge on any atom is 0.305 e. The van der Waals surface area contributed by atoms with E-state index in [4.69, 9.17) is 10.8 Å². The lowest BCUT2D eigenvalue weighted by Gasteiger charge is -2.13. The zero-order valence-corrected chi connectivity index (χ0v) is 11.9. The van der Waals surface area contributed by atoms with E-state index in [0.29, 0.717) is 9.13 Å². The molecule has 1 aromatic carbocycles. The zero-order chi connectivity index (χ0) is 11.6. The molecule has 1 atom stereocenters. The minimum absolute atomic E-state index is 0.0739. The first kappa shape index (κ1) is 13.0. The average Bonchev–Trinajstić information content (AvgIpc) is 2.09. The van der Waals surface area contributed by atoms with Gasteiger partial charge in [0.1, 0.15) is 5.75 Å². The molecule has 0 saturated heterocycles. The number of aromatic hydroxyl groups is 1. The fraction of sp³-hybridized carbons (Fsp3) is 0.222. The van der Waals surface area contributed by atoms with Gasteiger partial charge in [-0.15, -0.1) is 0 Å². The molecule has 0 saturated carbocycles. The molecular formula is C9H9I2NO3. The summed E-state index contributed by atoms with van der Waals surface area (Å²) in [5.41, 5.74) is 6.17. The summed E-state index contributed by atoms with van der Waals surface area (Å²) in [6, 6.07) is 2.82. The highest BCUT2D eigenvalue weighted by Gasteiger charge is 2.16. The van der Waals surface area contributed by atoms with Crippen LogP contribution in [0.15, 0.2) is 12.1 Å². The molecule has 0 bridgehead atoms. The van der Waals surface area contributed by atoms with Gasteiger partial charge in [-0.1, -0.05) is 0 Å². The van der Waals surface area contributed by atoms with Gasteiger partial charge < -0.3 is 15.9 Å². The Morgan fingerprint density at radius 2 is 2.07 bits per heavy atom. The normalized spacial score (nSPS) is 12.5. The molecule has 1 unspecified atom stereocenters. The molecule has 0 aliphatic carbocycles. The summed E-state index contributed by atoms with van der Waals surface area (Å²) in [6.45, 7) is 0. The van der Waals surface area contributed by atoms with Crippen LogP contribution < -0.4 is 5.73 Å². The van der Waals surface area contributed by atoms with Crippen molar-refractivity contribution in [1.82, 2.24) is 0 Å². The Labute approximate surface area is 114 Å². The number of rotatable bonds is 3. The summed E-state index contributed by atoms with van der Waals surface area (Å²) in [6.07, 6.45) is -0.191. The van der Waals surface area contributed by atoms with E-state index in [0.717, 1.165) is 3.57 Å². The number of phenolic OH excluding ortho intramolecular Hbond substituents is 1. The summed E-state index contributed by atoms with van der Waals surface area (Å²) in [4.78, 5) is 10.5. The first-order valence-electron chi connectivity index (χ1n) is 4.07. The second kappa shape index (κ2) is 5.30. The molecule has 0 aromatic heterocycles. The predicted octanol–water partition coefficient (Wildman–Crippen LogP) is 2.08. The molecule has 4 nitrogen and oxygen atoms in total. The Hall–Kier alpha value is -0.0900. The Balaban J connectivity index is 3.07. The largest absolute Gasteiger partial charge is 0.506 e. The summed E-state index contributed by atoms with van der Waals surface area (Å²) >= 11 is 4.08. The highest BCUT2D eigenvalue weighted by Crippen LogP contribution is 2.31. The van der Waals surface area contributed by atoms with Crippen molar-refractivity contribution in [3.8, 4) is 5.75 Å². The molecule has 0 aliphatic rings. The highest BCUT2D eigenvalue weighted by molar-refractivity contribution is 14.1. The smallest absolute Gasteiger partial charge is 0.305 e. The molecule has 0 radical (unpaired) electrons. The lowest BCUT2D eigenvalue weighted by molar-refractivity contribution is -0.137. The minimum atomic E-state index is -0.976. The predicted molar refractivity (Wildman–Crippen MR) is 72.7 cm³/mol. The number of halogens is 2. The Morgan fingerprint density at radius 3 is 2.60 bits per heavy atom. The van der Waals surface area contributed by atoms with Crippen LogP contribution in [-0.4, -0.2) is 16.2 Å². The molecule has 6 heteroatoms. The van der Waals surface area contributed by atoms with E-state index in [1.54, 1.807) is 12.1 Å². The van der Waals surface area contributed by atoms with Crippen LogP contribution in [0, 0.1) is 7.14 Å². The van der Waals surface area contributed by atoms with Gasteiger partial charge in [0.25, 0.3) is 0 Å². The Morgan fingerprint density at radius 1 is 1.47 bits per heavy atom. The average molecular weight is 433 g/mol. The van der Waals surface area contributed by atoms with Crippen molar-refractivity contribution in [2.45, 2.75) is 12.5 Å². The number of nitrogens with two attached hydrogens (primary N) is 1. The monoisotopic (exact) mass is 433 g/mol. The molecule has 4 N–H and O–H groups in total. The van der Waals surface area contributed by atoms with Gasteiger partial charge in [-0.25, -0.2) is 0 Å². The molecule has 0 heterocycles. The van der Waals surface area contributed by atoms with Crippen molar-refractivity contribution in [3.63, 3.8) is 0 Å². The van der Waals surface area contributed by atoms with Crippen molar-refractivity contribution in [2.24, 2.45) is 5.73 Å². The number of hydrogen-bond donors (Lipinski definition) is 3. The second-order valence-corrected chi connectivity index (χ2v) is 5.44. The van der Waals surface area contributed by atoms with Gasteiger partial charge >= 0.3 is 5.97 Å². The first-order chi connectivity index (χ1) is 6.91. The molecule has 1 rings (SSSR count). The first-order valence-corrected chi connectivity index (χ1v) is 6.23. The number of carboxylic acids is 1. The van der Waals surface area contributed by atoms with Crippen LogP contribution in [0.3, 0.4) is 0 Å². The standard InChI is InChI=1S/C9H9I2NO3/c10-4-1-5(7(12)3-8(13)14)9(15)6(11)2-4/h1-2,7,15H,3,12H2,(H,13,14). The van der Waals surface area contributed by atoms with E-state index >= 15 is 0 Å². The van der Waals surface area contributed by atoms with Gasteiger partial charge in [0.15, 0.2) is 0 Å². The third-order valence-corrected chi connectivity index (χ3v) is 3.30. The fourth-order valence-electron chi connectivity index (χ4n) is 1.17. The van der Waals surface area contributed by atoms with Gasteiger partial charge in [0.05, 0.1) is 9.99 Å². The van der Waals surface area contributed by atoms with Gasteiger partial charge in [-0.05, 0) is 57.3 Å². The summed E-state index contributed by atoms with van der Waals surface area (Å²) in [5.74, 6) is -0.902. The zero-order valence-electron chi connectivity index (χ0n) is 7.58. The molecule has 0 spiro atoms. The maximum absolute atomic E-state index is 10.5. The van der Waals surface area contributed by atoms with Crippen molar-refractivity contribution in [1.29, 1.82) is 0 Å². The van der Waals surface area contributed by atoms with E-state index in [-0.39, 0.29) is 12.2 Å². The van der Waals surface area contributed by atoms with Crippen molar-refractivity contribution in [3.05, 3.63) is 24.8 Å². The van der Waals surface area contributed by atoms with Gasteiger partial charge in [-0.2, -0.15) is 0 Å². The molecular weight excluding hydrogens is 424 g/mol. The molecule has 82 valence electrons. The van der Waals surface area contributed by atoms with E-state index in [1.165, 1.54) is 0 Å². The fourth-order valence-corrected chi connectivity index (χ4v) is 3.06. The number of benzene rings is 1. The van der Waals surface area contributed by atoms with Crippen LogP contribution in [0.25, 0.3) is 0 Å². The summed E-state index contributed by atoms with van der Waals surface area (Å²) < 4.78 is 1.60. The van der Waals surface area contributed by atoms with Crippen LogP contribution in [0.1, 0.15) is 18.0 Å². The third-order valence-electron chi connectivity index (χ3n) is 1.85. The van der Waals surface area contributed by atoms with Crippen LogP contribution in [-0.2, 0) is 4.79 Å². The van der Waals surface area contributed by atoms with Crippen molar-refractivity contribution >= 4 is 51.2 Å². The molecule has 0 fully saturated rings. The molecule has 15 heavy (non-hydrogen) atoms. The number of carboxylic acid groups (broad SMARTS) is 1. The number of aliphatic carboxylic acids is 1. The van der Waals surface area contributed by atoms with Crippen molar-refractivity contribution in [2.75, 3.05) is 0 Å². The molecule has 0 aliphatic heterocycles. The quantitative estimate of drug-likeness (QED) is 0.638. The second-order valence-electron chi connectivity index (χ2n) is 3.03. The number of hydrogen-bond acceptors (Lipinski definition) is 3. The lowest BCUT2D eigenvalue weighted by Crippen LogP contribution is -2.15. The highest BCUT2D eigenvalue weighted by atomic mass is 127. The maximum atomic E-state index is 10.5. The van der Waals surface area contributed by atoms with E-state index in [1.807, 2.05) is 22.6 Å². The van der Waals surface area contributed by atoms with Crippen LogP contribution in [0.5, 0.6) is 5.75 Å². The van der Waals surface area contributed by atoms with Crippen LogP contribution in [0.2, 0.25) is 0 Å². The van der Waals surface area contributed by atoms with E-state index in [9.17, 15) is 9.90 Å². The number of phenols is 1. The molecule has 0 amide bonds. The van der Waals surface area contributed by atoms with Gasteiger partial charge in [-0.3, -0.25) is 4.79 Å². The van der Waals surface area contributed by atoms with Crippen LogP contribution >= 0.6 is 45.2 Å².